The maximum Gasteiger partial charge on any atom is 0.273 e. The molecule has 24 heavy (non-hydrogen) atoms. The van der Waals surface area contributed by atoms with Crippen LogP contribution in [0.2, 0.25) is 0 Å². The Hall–Kier alpha value is -1.40. The van der Waals surface area contributed by atoms with Crippen molar-refractivity contribution in [2.45, 2.75) is 84.0 Å². The summed E-state index contributed by atoms with van der Waals surface area (Å²) in [6, 6.07) is -0.170. The van der Waals surface area contributed by atoms with Gasteiger partial charge in [0.25, 0.3) is 5.91 Å². The average Bonchev–Trinajstić information content (AvgIpc) is 2.83. The van der Waals surface area contributed by atoms with Crippen LogP contribution >= 0.6 is 0 Å². The quantitative estimate of drug-likeness (QED) is 0.769. The highest BCUT2D eigenvalue weighted by molar-refractivity contribution is 5.92. The van der Waals surface area contributed by atoms with Gasteiger partial charge in [0, 0.05) is 17.1 Å². The minimum absolute atomic E-state index is 0.0195. The first-order valence-corrected chi connectivity index (χ1v) is 8.79. The molecule has 1 aliphatic heterocycles. The second-order valence-electron chi connectivity index (χ2n) is 8.78. The molecule has 4 N–H and O–H groups in total. The molecule has 1 unspecified atom stereocenters. The highest BCUT2D eigenvalue weighted by Crippen LogP contribution is 2.28. The van der Waals surface area contributed by atoms with Gasteiger partial charge < -0.3 is 20.8 Å². The second kappa shape index (κ2) is 6.84. The number of nitrogens with one attached hydrogen (secondary N) is 2. The molecule has 2 rings (SSSR count). The van der Waals surface area contributed by atoms with Crippen LogP contribution in [-0.2, 0) is 0 Å². The number of carbonyl (C=O) groups is 1. The molecule has 0 bridgehead atoms. The van der Waals surface area contributed by atoms with Gasteiger partial charge in [-0.15, -0.1) is 0 Å². The summed E-state index contributed by atoms with van der Waals surface area (Å²) in [6.07, 6.45) is 3.93. The summed E-state index contributed by atoms with van der Waals surface area (Å²) in [4.78, 5) is 16.8. The summed E-state index contributed by atoms with van der Waals surface area (Å²) in [5.74, 6) is 0.684. The average molecular weight is 336 g/mol. The fourth-order valence-corrected chi connectivity index (χ4v) is 3.85. The number of oxazole rings is 1. The molecule has 136 valence electrons. The van der Waals surface area contributed by atoms with Gasteiger partial charge in [-0.1, -0.05) is 13.8 Å². The van der Waals surface area contributed by atoms with Crippen LogP contribution in [0.1, 0.15) is 83.2 Å². The molecule has 0 aromatic carbocycles. The number of nitrogens with two attached hydrogens (primary N) is 1. The molecule has 6 heteroatoms. The standard InChI is InChI=1S/C18H32N4O2/c1-11(2)7-13(19)16-21-14(10-24-16)15(23)20-12-8-17(3,4)22-18(5,6)9-12/h10-13,22H,7-9,19H2,1-6H3,(H,20,23). The predicted molar refractivity (Wildman–Crippen MR) is 94.7 cm³/mol. The number of hydrogen-bond donors (Lipinski definition) is 3. The van der Waals surface area contributed by atoms with Crippen molar-refractivity contribution in [2.24, 2.45) is 11.7 Å². The van der Waals surface area contributed by atoms with Gasteiger partial charge in [-0.3, -0.25) is 4.79 Å². The Balaban J connectivity index is 2.01. The Kier molecular flexibility index (Phi) is 5.40. The number of aromatic nitrogens is 1. The molecule has 1 aliphatic rings. The van der Waals surface area contributed by atoms with Crippen molar-refractivity contribution in [3.05, 3.63) is 17.8 Å². The van der Waals surface area contributed by atoms with E-state index in [9.17, 15) is 4.79 Å². The van der Waals surface area contributed by atoms with E-state index in [0.717, 1.165) is 19.3 Å². The zero-order chi connectivity index (χ0) is 18.1. The largest absolute Gasteiger partial charge is 0.446 e. The van der Waals surface area contributed by atoms with Crippen LogP contribution in [0.4, 0.5) is 0 Å². The number of nitrogens with zero attached hydrogens (tertiary/aromatic N) is 1. The lowest BCUT2D eigenvalue weighted by atomic mass is 9.79. The monoisotopic (exact) mass is 336 g/mol. The second-order valence-corrected chi connectivity index (χ2v) is 8.78. The Labute approximate surface area is 145 Å². The minimum atomic E-state index is -0.275. The molecular formula is C18H32N4O2. The molecule has 2 heterocycles. The molecule has 1 saturated heterocycles. The van der Waals surface area contributed by atoms with Crippen LogP contribution in [0.3, 0.4) is 0 Å². The first-order chi connectivity index (χ1) is 11.0. The van der Waals surface area contributed by atoms with E-state index >= 15 is 0 Å². The fourth-order valence-electron chi connectivity index (χ4n) is 3.85. The van der Waals surface area contributed by atoms with Crippen LogP contribution < -0.4 is 16.4 Å². The van der Waals surface area contributed by atoms with Crippen molar-refractivity contribution < 1.29 is 9.21 Å². The zero-order valence-corrected chi connectivity index (χ0v) is 15.8. The van der Waals surface area contributed by atoms with Crippen LogP contribution in [0.5, 0.6) is 0 Å². The molecule has 0 radical (unpaired) electrons. The summed E-state index contributed by atoms with van der Waals surface area (Å²) < 4.78 is 5.41. The number of amides is 1. The van der Waals surface area contributed by atoms with Gasteiger partial charge in [0.1, 0.15) is 6.26 Å². The van der Waals surface area contributed by atoms with Gasteiger partial charge in [-0.2, -0.15) is 0 Å². The van der Waals surface area contributed by atoms with Crippen molar-refractivity contribution >= 4 is 5.91 Å². The first kappa shape index (κ1) is 18.9. The molecule has 0 spiro atoms. The maximum atomic E-state index is 12.5. The Morgan fingerprint density at radius 1 is 1.38 bits per heavy atom. The van der Waals surface area contributed by atoms with Crippen molar-refractivity contribution in [3.8, 4) is 0 Å². The SMILES string of the molecule is CC(C)CC(N)c1nc(C(=O)NC2CC(C)(C)NC(C)(C)C2)co1. The van der Waals surface area contributed by atoms with Crippen molar-refractivity contribution in [1.82, 2.24) is 15.6 Å². The lowest BCUT2D eigenvalue weighted by molar-refractivity contribution is 0.0868. The number of carbonyl (C=O) groups excluding carboxylic acids is 1. The molecule has 1 atom stereocenters. The Bertz CT molecular complexity index is 561. The van der Waals surface area contributed by atoms with Crippen molar-refractivity contribution in [2.75, 3.05) is 0 Å². The summed E-state index contributed by atoms with van der Waals surface area (Å²) in [7, 11) is 0. The maximum absolute atomic E-state index is 12.5. The van der Waals surface area contributed by atoms with E-state index in [4.69, 9.17) is 10.2 Å². The molecule has 1 amide bonds. The molecule has 1 aromatic rings. The lowest BCUT2D eigenvalue weighted by Gasteiger charge is -2.46. The molecule has 1 aromatic heterocycles. The van der Waals surface area contributed by atoms with E-state index in [1.807, 2.05) is 0 Å². The van der Waals surface area contributed by atoms with Crippen molar-refractivity contribution in [3.63, 3.8) is 0 Å². The van der Waals surface area contributed by atoms with Gasteiger partial charge in [0.2, 0.25) is 5.89 Å². The van der Waals surface area contributed by atoms with Crippen LogP contribution in [-0.4, -0.2) is 28.0 Å². The molecule has 1 fully saturated rings. The van der Waals surface area contributed by atoms with Gasteiger partial charge >= 0.3 is 0 Å². The fraction of sp³-hybridized carbons (Fsp3) is 0.778. The third-order valence-electron chi connectivity index (χ3n) is 4.32. The van der Waals surface area contributed by atoms with Gasteiger partial charge in [-0.05, 0) is 52.9 Å². The highest BCUT2D eigenvalue weighted by Gasteiger charge is 2.38. The van der Waals surface area contributed by atoms with Gasteiger partial charge in [0.15, 0.2) is 5.69 Å². The van der Waals surface area contributed by atoms with Gasteiger partial charge in [0.05, 0.1) is 6.04 Å². The van der Waals surface area contributed by atoms with E-state index in [0.29, 0.717) is 17.5 Å². The number of piperidine rings is 1. The van der Waals surface area contributed by atoms with Gasteiger partial charge in [-0.25, -0.2) is 4.98 Å². The van der Waals surface area contributed by atoms with Crippen molar-refractivity contribution in [1.29, 1.82) is 0 Å². The van der Waals surface area contributed by atoms with E-state index in [2.05, 4.69) is 57.2 Å². The highest BCUT2D eigenvalue weighted by atomic mass is 16.3. The zero-order valence-electron chi connectivity index (χ0n) is 15.8. The topological polar surface area (TPSA) is 93.2 Å². The smallest absolute Gasteiger partial charge is 0.273 e. The van der Waals surface area contributed by atoms with E-state index in [1.165, 1.54) is 6.26 Å². The first-order valence-electron chi connectivity index (χ1n) is 8.79. The molecule has 0 aliphatic carbocycles. The van der Waals surface area contributed by atoms with Crippen LogP contribution in [0.25, 0.3) is 0 Å². The summed E-state index contributed by atoms with van der Waals surface area (Å²) in [6.45, 7) is 12.8. The summed E-state index contributed by atoms with van der Waals surface area (Å²) in [5.41, 5.74) is 6.33. The van der Waals surface area contributed by atoms with E-state index in [-0.39, 0.29) is 29.1 Å². The Morgan fingerprint density at radius 3 is 2.50 bits per heavy atom. The summed E-state index contributed by atoms with van der Waals surface area (Å²) in [5, 5.41) is 6.71. The normalized spacial score (nSPS) is 21.7. The molecular weight excluding hydrogens is 304 g/mol. The third kappa shape index (κ3) is 5.05. The van der Waals surface area contributed by atoms with E-state index in [1.54, 1.807) is 0 Å². The predicted octanol–water partition coefficient (Wildman–Crippen LogP) is 2.76. The minimum Gasteiger partial charge on any atom is -0.446 e. The summed E-state index contributed by atoms with van der Waals surface area (Å²) >= 11 is 0. The van der Waals surface area contributed by atoms with Crippen LogP contribution in [0, 0.1) is 5.92 Å². The lowest BCUT2D eigenvalue weighted by Crippen LogP contribution is -2.62. The molecule has 0 saturated carbocycles. The number of hydrogen-bond acceptors (Lipinski definition) is 5. The molecule has 6 nitrogen and oxygen atoms in total. The van der Waals surface area contributed by atoms with E-state index < -0.39 is 0 Å². The Morgan fingerprint density at radius 2 is 1.96 bits per heavy atom. The van der Waals surface area contributed by atoms with Crippen LogP contribution in [0.15, 0.2) is 10.7 Å². The third-order valence-corrected chi connectivity index (χ3v) is 4.32. The number of rotatable bonds is 5.